The molecule has 3 aromatic rings. The van der Waals surface area contributed by atoms with Gasteiger partial charge in [0.15, 0.2) is 0 Å². The summed E-state index contributed by atoms with van der Waals surface area (Å²) in [6.07, 6.45) is 0.169. The number of likely N-dealkylation sites (tertiary alicyclic amines) is 1. The summed E-state index contributed by atoms with van der Waals surface area (Å²) in [5.41, 5.74) is 1.46. The molecule has 228 valence electrons. The number of nitrogens with one attached hydrogen (secondary N) is 2. The van der Waals surface area contributed by atoms with Gasteiger partial charge in [-0.15, -0.1) is 0 Å². The van der Waals surface area contributed by atoms with E-state index in [2.05, 4.69) is 22.5 Å². The third-order valence-corrected chi connectivity index (χ3v) is 8.24. The third-order valence-electron chi connectivity index (χ3n) is 8.24. The number of hydrogen-bond donors (Lipinski definition) is 3. The third kappa shape index (κ3) is 6.89. The lowest BCUT2D eigenvalue weighted by molar-refractivity contribution is -0.134. The minimum absolute atomic E-state index is 0.00812. The molecule has 0 aromatic heterocycles. The number of aliphatic hydroxyl groups is 1. The van der Waals surface area contributed by atoms with Gasteiger partial charge in [0.1, 0.15) is 16.7 Å². The monoisotopic (exact) mass is 586 g/mol. The highest BCUT2D eigenvalue weighted by molar-refractivity contribution is 6.05. The van der Waals surface area contributed by atoms with Crippen LogP contribution in [-0.2, 0) is 15.0 Å². The van der Waals surface area contributed by atoms with E-state index < -0.39 is 23.5 Å². The first-order valence-corrected chi connectivity index (χ1v) is 14.6. The Bertz CT molecular complexity index is 1370. The van der Waals surface area contributed by atoms with Crippen molar-refractivity contribution < 1.29 is 24.2 Å². The molecule has 0 saturated carbocycles. The van der Waals surface area contributed by atoms with Gasteiger partial charge in [0.2, 0.25) is 11.8 Å². The Balaban J connectivity index is 1.55. The van der Waals surface area contributed by atoms with Crippen LogP contribution >= 0.6 is 0 Å². The van der Waals surface area contributed by atoms with Crippen LogP contribution in [0.25, 0.3) is 0 Å². The standard InChI is InChI=1S/C34H42N4O5/c1-23(21-34(33(42)37(3)4,25-13-8-6-9-14-25)26-15-10-7-11-16-26)38-20-19-27(29(40)22-38)36-32(41)31-28(35-24(2)39)17-12-18-30(31)43-5/h6-18,23,27,29,40H,19-22H2,1-5H3,(H,35,39)(H,36,41)/t23?,27-,29-/m1/s1. The maximum atomic E-state index is 14.1. The molecule has 43 heavy (non-hydrogen) atoms. The first-order valence-electron chi connectivity index (χ1n) is 14.6. The van der Waals surface area contributed by atoms with Crippen LogP contribution in [-0.4, -0.2) is 85.1 Å². The molecule has 1 unspecified atom stereocenters. The fourth-order valence-electron chi connectivity index (χ4n) is 6.13. The van der Waals surface area contributed by atoms with Crippen molar-refractivity contribution in [3.63, 3.8) is 0 Å². The molecule has 9 heteroatoms. The van der Waals surface area contributed by atoms with E-state index in [9.17, 15) is 19.5 Å². The highest BCUT2D eigenvalue weighted by atomic mass is 16.5. The second-order valence-corrected chi connectivity index (χ2v) is 11.4. The van der Waals surface area contributed by atoms with Gasteiger partial charge in [0.05, 0.1) is 24.9 Å². The van der Waals surface area contributed by atoms with Crippen LogP contribution in [0, 0.1) is 0 Å². The normalized spacial score (nSPS) is 17.9. The molecule has 1 fully saturated rings. The van der Waals surface area contributed by atoms with Gasteiger partial charge in [-0.2, -0.15) is 0 Å². The summed E-state index contributed by atoms with van der Waals surface area (Å²) in [5.74, 6) is -0.422. The van der Waals surface area contributed by atoms with Crippen molar-refractivity contribution in [1.29, 1.82) is 0 Å². The predicted molar refractivity (Wildman–Crippen MR) is 167 cm³/mol. The van der Waals surface area contributed by atoms with Crippen LogP contribution < -0.4 is 15.4 Å². The molecule has 9 nitrogen and oxygen atoms in total. The molecule has 1 aliphatic rings. The molecule has 0 aliphatic carbocycles. The number of carbonyl (C=O) groups excluding carboxylic acids is 3. The molecule has 3 N–H and O–H groups in total. The van der Waals surface area contributed by atoms with Gasteiger partial charge in [-0.25, -0.2) is 0 Å². The zero-order valence-corrected chi connectivity index (χ0v) is 25.5. The minimum Gasteiger partial charge on any atom is -0.496 e. The number of nitrogens with zero attached hydrogens (tertiary/aromatic N) is 2. The van der Waals surface area contributed by atoms with Crippen molar-refractivity contribution in [2.24, 2.45) is 0 Å². The van der Waals surface area contributed by atoms with Gasteiger partial charge in [-0.3, -0.25) is 19.3 Å². The predicted octanol–water partition coefficient (Wildman–Crippen LogP) is 3.67. The molecule has 3 amide bonds. The molecule has 4 rings (SSSR count). The summed E-state index contributed by atoms with van der Waals surface area (Å²) in [6.45, 7) is 4.40. The van der Waals surface area contributed by atoms with Crippen molar-refractivity contribution in [2.75, 3.05) is 39.6 Å². The first-order chi connectivity index (χ1) is 20.6. The SMILES string of the molecule is COc1cccc(NC(C)=O)c1C(=O)N[C@@H]1CCN(C(C)CC(C(=O)N(C)C)(c2ccccc2)c2ccccc2)C[C@H]1O. The molecule has 1 heterocycles. The average molecular weight is 587 g/mol. The molecule has 0 radical (unpaired) electrons. The number of amides is 3. The quantitative estimate of drug-likeness (QED) is 0.334. The lowest BCUT2D eigenvalue weighted by Crippen LogP contribution is -2.57. The van der Waals surface area contributed by atoms with Crippen LogP contribution in [0.3, 0.4) is 0 Å². The van der Waals surface area contributed by atoms with Gasteiger partial charge in [-0.05, 0) is 43.0 Å². The second kappa shape index (κ2) is 13.8. The summed E-state index contributed by atoms with van der Waals surface area (Å²) >= 11 is 0. The van der Waals surface area contributed by atoms with E-state index in [0.29, 0.717) is 37.4 Å². The number of anilines is 1. The number of benzene rings is 3. The Hall–Kier alpha value is -4.21. The highest BCUT2D eigenvalue weighted by Crippen LogP contribution is 2.40. The average Bonchev–Trinajstić information content (AvgIpc) is 3.00. The summed E-state index contributed by atoms with van der Waals surface area (Å²) in [7, 11) is 5.03. The Morgan fingerprint density at radius 1 is 1.00 bits per heavy atom. The van der Waals surface area contributed by atoms with Crippen molar-refractivity contribution in [1.82, 2.24) is 15.1 Å². The molecule has 3 aromatic carbocycles. The Morgan fingerprint density at radius 3 is 2.12 bits per heavy atom. The maximum Gasteiger partial charge on any atom is 0.257 e. The number of β-amino-alcohol motifs (C(OH)–C–C–N with tert-alkyl or cyclic N) is 1. The molecular formula is C34H42N4O5. The lowest BCUT2D eigenvalue weighted by Gasteiger charge is -2.44. The number of piperidine rings is 1. The van der Waals surface area contributed by atoms with E-state index in [1.165, 1.54) is 14.0 Å². The van der Waals surface area contributed by atoms with E-state index in [4.69, 9.17) is 4.74 Å². The summed E-state index contributed by atoms with van der Waals surface area (Å²) in [5, 5.41) is 16.9. The van der Waals surface area contributed by atoms with Crippen LogP contribution in [0.1, 0.15) is 48.2 Å². The largest absolute Gasteiger partial charge is 0.496 e. The van der Waals surface area contributed by atoms with Gasteiger partial charge < -0.3 is 25.4 Å². The summed E-state index contributed by atoms with van der Waals surface area (Å²) in [6, 6.07) is 24.2. The van der Waals surface area contributed by atoms with Crippen molar-refractivity contribution >= 4 is 23.4 Å². The minimum atomic E-state index is -0.925. The zero-order chi connectivity index (χ0) is 31.1. The first kappa shape index (κ1) is 31.7. The van der Waals surface area contributed by atoms with Crippen LogP contribution in [0.4, 0.5) is 5.69 Å². The number of likely N-dealkylation sites (N-methyl/N-ethyl adjacent to an activating group) is 1. The van der Waals surface area contributed by atoms with Crippen molar-refractivity contribution in [3.8, 4) is 5.75 Å². The second-order valence-electron chi connectivity index (χ2n) is 11.4. The number of ether oxygens (including phenoxy) is 1. The number of rotatable bonds is 10. The summed E-state index contributed by atoms with van der Waals surface area (Å²) < 4.78 is 5.39. The molecule has 1 saturated heterocycles. The fourth-order valence-corrected chi connectivity index (χ4v) is 6.13. The fraction of sp³-hybridized carbons (Fsp3) is 0.382. The molecule has 0 bridgehead atoms. The number of methoxy groups -OCH3 is 1. The molecule has 0 spiro atoms. The number of aliphatic hydroxyl groups excluding tert-OH is 1. The van der Waals surface area contributed by atoms with Gasteiger partial charge in [-0.1, -0.05) is 66.7 Å². The Labute approximate surface area is 253 Å². The van der Waals surface area contributed by atoms with E-state index in [0.717, 1.165) is 11.1 Å². The van der Waals surface area contributed by atoms with Gasteiger partial charge in [0, 0.05) is 40.2 Å². The van der Waals surface area contributed by atoms with E-state index in [-0.39, 0.29) is 23.4 Å². The Morgan fingerprint density at radius 2 is 1.60 bits per heavy atom. The number of hydrogen-bond acceptors (Lipinski definition) is 6. The van der Waals surface area contributed by atoms with Gasteiger partial charge in [0.25, 0.3) is 5.91 Å². The number of carbonyl (C=O) groups is 3. The Kier molecular flexibility index (Phi) is 10.2. The lowest BCUT2D eigenvalue weighted by atomic mass is 9.69. The van der Waals surface area contributed by atoms with Crippen molar-refractivity contribution in [2.45, 2.75) is 50.3 Å². The van der Waals surface area contributed by atoms with Crippen molar-refractivity contribution in [3.05, 3.63) is 95.6 Å². The molecule has 3 atom stereocenters. The topological polar surface area (TPSA) is 111 Å². The molecule has 1 aliphatic heterocycles. The van der Waals surface area contributed by atoms with Gasteiger partial charge >= 0.3 is 0 Å². The smallest absolute Gasteiger partial charge is 0.257 e. The zero-order valence-electron chi connectivity index (χ0n) is 25.5. The summed E-state index contributed by atoms with van der Waals surface area (Å²) in [4.78, 5) is 43.0. The highest BCUT2D eigenvalue weighted by Gasteiger charge is 2.45. The van der Waals surface area contributed by atoms with Crippen LogP contribution in [0.5, 0.6) is 5.75 Å². The van der Waals surface area contributed by atoms with E-state index in [1.807, 2.05) is 60.7 Å². The molecular weight excluding hydrogens is 544 g/mol. The van der Waals surface area contributed by atoms with Crippen LogP contribution in [0.15, 0.2) is 78.9 Å². The van der Waals surface area contributed by atoms with E-state index in [1.54, 1.807) is 37.2 Å². The maximum absolute atomic E-state index is 14.1. The van der Waals surface area contributed by atoms with Crippen LogP contribution in [0.2, 0.25) is 0 Å². The van der Waals surface area contributed by atoms with E-state index >= 15 is 0 Å².